The fourth-order valence-corrected chi connectivity index (χ4v) is 2.90. The lowest BCUT2D eigenvalue weighted by atomic mass is 10.1. The van der Waals surface area contributed by atoms with E-state index >= 15 is 0 Å². The second-order valence-electron chi connectivity index (χ2n) is 4.62. The first-order valence-corrected chi connectivity index (χ1v) is 7.32. The second kappa shape index (κ2) is 6.52. The summed E-state index contributed by atoms with van der Waals surface area (Å²) in [5.74, 6) is 1.31. The molecular formula is C15H20N2O2S. The van der Waals surface area contributed by atoms with Gasteiger partial charge in [0.25, 0.3) is 0 Å². The van der Waals surface area contributed by atoms with Crippen LogP contribution in [0.4, 0.5) is 11.4 Å². The quantitative estimate of drug-likeness (QED) is 0.801. The zero-order chi connectivity index (χ0) is 14.5. The smallest absolute Gasteiger partial charge is 0.162 e. The maximum absolute atomic E-state index is 6.05. The van der Waals surface area contributed by atoms with Gasteiger partial charge in [0.05, 0.1) is 25.6 Å². The van der Waals surface area contributed by atoms with Crippen molar-refractivity contribution in [2.75, 3.05) is 25.3 Å². The van der Waals surface area contributed by atoms with Crippen LogP contribution >= 0.6 is 11.3 Å². The van der Waals surface area contributed by atoms with Gasteiger partial charge in [0, 0.05) is 29.5 Å². The summed E-state index contributed by atoms with van der Waals surface area (Å²) in [6.45, 7) is 2.13. The fourth-order valence-electron chi connectivity index (χ4n) is 2.07. The van der Waals surface area contributed by atoms with Crippen molar-refractivity contribution in [3.63, 3.8) is 0 Å². The molecular weight excluding hydrogens is 272 g/mol. The number of nitrogen functional groups attached to an aromatic ring is 1. The van der Waals surface area contributed by atoms with E-state index in [9.17, 15) is 0 Å². The summed E-state index contributed by atoms with van der Waals surface area (Å²) >= 11 is 1.76. The Morgan fingerprint density at radius 1 is 1.25 bits per heavy atom. The summed E-state index contributed by atoms with van der Waals surface area (Å²) in [4.78, 5) is 1.35. The summed E-state index contributed by atoms with van der Waals surface area (Å²) in [5, 5.41) is 5.51. The maximum atomic E-state index is 6.05. The Morgan fingerprint density at radius 3 is 2.55 bits per heavy atom. The average Bonchev–Trinajstić information content (AvgIpc) is 2.93. The molecule has 0 spiro atoms. The summed E-state index contributed by atoms with van der Waals surface area (Å²) < 4.78 is 10.5. The number of hydrogen-bond donors (Lipinski definition) is 2. The van der Waals surface area contributed by atoms with Crippen molar-refractivity contribution < 1.29 is 9.47 Å². The molecule has 0 amide bonds. The van der Waals surface area contributed by atoms with Gasteiger partial charge in [-0.15, -0.1) is 11.3 Å². The molecule has 0 fully saturated rings. The largest absolute Gasteiger partial charge is 0.493 e. The number of anilines is 2. The molecule has 0 bridgehead atoms. The molecule has 108 valence electrons. The third-order valence-corrected chi connectivity index (χ3v) is 3.94. The number of ether oxygens (including phenoxy) is 2. The number of methoxy groups -OCH3 is 2. The van der Waals surface area contributed by atoms with Crippen LogP contribution in [0.5, 0.6) is 11.5 Å². The second-order valence-corrected chi connectivity index (χ2v) is 5.66. The van der Waals surface area contributed by atoms with Gasteiger partial charge in [0.15, 0.2) is 11.5 Å². The van der Waals surface area contributed by atoms with Gasteiger partial charge >= 0.3 is 0 Å². The number of nitrogens with one attached hydrogen (secondary N) is 1. The van der Waals surface area contributed by atoms with Gasteiger partial charge in [-0.3, -0.25) is 0 Å². The molecule has 3 N–H and O–H groups in total. The van der Waals surface area contributed by atoms with E-state index in [4.69, 9.17) is 15.2 Å². The molecule has 2 aromatic rings. The van der Waals surface area contributed by atoms with E-state index in [1.807, 2.05) is 6.07 Å². The predicted octanol–water partition coefficient (Wildman–Crippen LogP) is 3.39. The molecule has 5 heteroatoms. The van der Waals surface area contributed by atoms with E-state index in [1.54, 1.807) is 31.6 Å². The molecule has 2 rings (SSSR count). The number of benzene rings is 1. The molecule has 1 unspecified atom stereocenters. The Bertz CT molecular complexity index is 555. The number of rotatable bonds is 6. The van der Waals surface area contributed by atoms with Crippen LogP contribution in [0.3, 0.4) is 0 Å². The van der Waals surface area contributed by atoms with Crippen molar-refractivity contribution in [2.45, 2.75) is 19.4 Å². The van der Waals surface area contributed by atoms with Gasteiger partial charge in [-0.1, -0.05) is 6.07 Å². The molecule has 0 radical (unpaired) electrons. The van der Waals surface area contributed by atoms with E-state index < -0.39 is 0 Å². The Kier molecular flexibility index (Phi) is 4.74. The molecule has 1 atom stereocenters. The molecule has 0 saturated heterocycles. The Balaban J connectivity index is 2.12. The average molecular weight is 292 g/mol. The Labute approximate surface area is 123 Å². The minimum atomic E-state index is 0.286. The molecule has 0 aliphatic rings. The van der Waals surface area contributed by atoms with Gasteiger partial charge in [-0.25, -0.2) is 0 Å². The van der Waals surface area contributed by atoms with Crippen molar-refractivity contribution in [1.29, 1.82) is 0 Å². The van der Waals surface area contributed by atoms with Gasteiger partial charge in [-0.2, -0.15) is 0 Å². The number of hydrogen-bond acceptors (Lipinski definition) is 5. The molecule has 0 aliphatic heterocycles. The minimum Gasteiger partial charge on any atom is -0.493 e. The SMILES string of the molecule is COc1cc(N)c(NC(C)Cc2cccs2)cc1OC. The van der Waals surface area contributed by atoms with Crippen molar-refractivity contribution >= 4 is 22.7 Å². The van der Waals surface area contributed by atoms with Gasteiger partial charge in [0.1, 0.15) is 0 Å². The van der Waals surface area contributed by atoms with Crippen LogP contribution in [0.15, 0.2) is 29.6 Å². The van der Waals surface area contributed by atoms with Gasteiger partial charge < -0.3 is 20.5 Å². The van der Waals surface area contributed by atoms with Crippen LogP contribution < -0.4 is 20.5 Å². The maximum Gasteiger partial charge on any atom is 0.162 e. The zero-order valence-electron chi connectivity index (χ0n) is 12.0. The standard InChI is InChI=1S/C15H20N2O2S/c1-10(7-11-5-4-6-20-11)17-13-9-15(19-3)14(18-2)8-12(13)16/h4-6,8-10,17H,7,16H2,1-3H3. The first-order chi connectivity index (χ1) is 9.63. The number of thiophene rings is 1. The lowest BCUT2D eigenvalue weighted by Crippen LogP contribution is -2.18. The summed E-state index contributed by atoms with van der Waals surface area (Å²) in [7, 11) is 3.22. The lowest BCUT2D eigenvalue weighted by molar-refractivity contribution is 0.355. The molecule has 0 saturated carbocycles. The highest BCUT2D eigenvalue weighted by Gasteiger charge is 2.11. The predicted molar refractivity (Wildman–Crippen MR) is 85.1 cm³/mol. The fraction of sp³-hybridized carbons (Fsp3) is 0.333. The third-order valence-electron chi connectivity index (χ3n) is 3.05. The summed E-state index contributed by atoms with van der Waals surface area (Å²) in [5.41, 5.74) is 7.57. The number of nitrogens with two attached hydrogens (primary N) is 1. The Hall–Kier alpha value is -1.88. The van der Waals surface area contributed by atoms with E-state index in [-0.39, 0.29) is 6.04 Å². The summed E-state index contributed by atoms with van der Waals surface area (Å²) in [6, 6.07) is 8.14. The molecule has 1 heterocycles. The Morgan fingerprint density at radius 2 is 1.95 bits per heavy atom. The third kappa shape index (κ3) is 3.36. The minimum absolute atomic E-state index is 0.286. The van der Waals surface area contributed by atoms with Gasteiger partial charge in [0.2, 0.25) is 0 Å². The van der Waals surface area contributed by atoms with Crippen LogP contribution in [0, 0.1) is 0 Å². The summed E-state index contributed by atoms with van der Waals surface area (Å²) in [6.07, 6.45) is 0.964. The van der Waals surface area contributed by atoms with Crippen LogP contribution in [0.2, 0.25) is 0 Å². The molecule has 4 nitrogen and oxygen atoms in total. The van der Waals surface area contributed by atoms with Crippen LogP contribution in [-0.4, -0.2) is 20.3 Å². The van der Waals surface area contributed by atoms with Crippen molar-refractivity contribution in [2.24, 2.45) is 0 Å². The van der Waals surface area contributed by atoms with Crippen molar-refractivity contribution in [1.82, 2.24) is 0 Å². The van der Waals surface area contributed by atoms with E-state index in [0.29, 0.717) is 17.2 Å². The first-order valence-electron chi connectivity index (χ1n) is 6.44. The van der Waals surface area contributed by atoms with Crippen LogP contribution in [0.1, 0.15) is 11.8 Å². The van der Waals surface area contributed by atoms with Crippen molar-refractivity contribution in [3.8, 4) is 11.5 Å². The monoisotopic (exact) mass is 292 g/mol. The van der Waals surface area contributed by atoms with E-state index in [2.05, 4.69) is 29.8 Å². The molecule has 1 aromatic carbocycles. The lowest BCUT2D eigenvalue weighted by Gasteiger charge is -2.18. The normalized spacial score (nSPS) is 11.9. The molecule has 20 heavy (non-hydrogen) atoms. The van der Waals surface area contributed by atoms with Crippen molar-refractivity contribution in [3.05, 3.63) is 34.5 Å². The van der Waals surface area contributed by atoms with Crippen LogP contribution in [0.25, 0.3) is 0 Å². The zero-order valence-corrected chi connectivity index (χ0v) is 12.8. The highest BCUT2D eigenvalue weighted by Crippen LogP contribution is 2.35. The van der Waals surface area contributed by atoms with E-state index in [1.165, 1.54) is 4.88 Å². The van der Waals surface area contributed by atoms with Gasteiger partial charge in [-0.05, 0) is 18.4 Å². The highest BCUT2D eigenvalue weighted by atomic mass is 32.1. The highest BCUT2D eigenvalue weighted by molar-refractivity contribution is 7.09. The van der Waals surface area contributed by atoms with Crippen LogP contribution in [-0.2, 0) is 6.42 Å². The molecule has 1 aromatic heterocycles. The van der Waals surface area contributed by atoms with E-state index in [0.717, 1.165) is 12.1 Å². The first kappa shape index (κ1) is 14.5. The molecule has 0 aliphatic carbocycles. The topological polar surface area (TPSA) is 56.5 Å².